The van der Waals surface area contributed by atoms with E-state index in [4.69, 9.17) is 0 Å². The Morgan fingerprint density at radius 2 is 2.10 bits per heavy atom. The molecule has 2 heteroatoms. The first kappa shape index (κ1) is 13.2. The van der Waals surface area contributed by atoms with Gasteiger partial charge in [-0.2, -0.15) is 6.42 Å². The minimum absolute atomic E-state index is 0. The van der Waals surface area contributed by atoms with Gasteiger partial charge < -0.3 is 12.2 Å². The monoisotopic (exact) mass is 135 g/mol. The van der Waals surface area contributed by atoms with Crippen molar-refractivity contribution < 1.29 is 18.9 Å². The van der Waals surface area contributed by atoms with Crippen molar-refractivity contribution in [1.82, 2.24) is 5.32 Å². The summed E-state index contributed by atoms with van der Waals surface area (Å²) in [6.45, 7) is 9.30. The first-order valence-electron chi connectivity index (χ1n) is 3.83. The quantitative estimate of drug-likeness (QED) is 0.289. The third-order valence-corrected chi connectivity index (χ3v) is 1.53. The van der Waals surface area contributed by atoms with Gasteiger partial charge in [-0.3, -0.25) is 0 Å². The Balaban J connectivity index is 0. The second-order valence-electron chi connectivity index (χ2n) is 2.47. The molecule has 0 amide bonds. The summed E-state index contributed by atoms with van der Waals surface area (Å²) < 4.78 is 0. The molecule has 0 saturated carbocycles. The maximum atomic E-state index is 3.77. The summed E-state index contributed by atoms with van der Waals surface area (Å²) >= 11 is 0. The van der Waals surface area contributed by atoms with Gasteiger partial charge in [-0.15, -0.1) is 0 Å². The predicted octanol–water partition coefficient (Wildman–Crippen LogP) is -1.01. The molecule has 0 aliphatic carbocycles. The molecule has 0 spiro atoms. The second-order valence-corrected chi connectivity index (χ2v) is 2.47. The molecule has 0 aliphatic heterocycles. The average Bonchev–Trinajstić information content (AvgIpc) is 1.89. The van der Waals surface area contributed by atoms with Crippen molar-refractivity contribution in [2.75, 3.05) is 6.54 Å². The molecular weight excluding hydrogens is 117 g/mol. The Bertz CT molecular complexity index is 57.2. The van der Waals surface area contributed by atoms with Crippen LogP contribution < -0.4 is 24.2 Å². The van der Waals surface area contributed by atoms with Gasteiger partial charge in [0.15, 0.2) is 0 Å². The molecule has 0 aromatic rings. The molecule has 56 valence electrons. The van der Waals surface area contributed by atoms with Crippen LogP contribution >= 0.6 is 0 Å². The fourth-order valence-electron chi connectivity index (χ4n) is 0.618. The van der Waals surface area contributed by atoms with Crippen LogP contribution in [0, 0.1) is 6.92 Å². The number of hydrogen-bond acceptors (Lipinski definition) is 1. The fraction of sp³-hybridized carbons (Fsp3) is 0.875. The van der Waals surface area contributed by atoms with Crippen LogP contribution in [-0.4, -0.2) is 12.6 Å². The van der Waals surface area contributed by atoms with Crippen LogP contribution in [0.2, 0.25) is 0 Å². The van der Waals surface area contributed by atoms with Gasteiger partial charge in [-0.1, -0.05) is 13.3 Å². The largest absolute Gasteiger partial charge is 1.00 e. The van der Waals surface area contributed by atoms with Crippen molar-refractivity contribution in [3.05, 3.63) is 6.92 Å². The van der Waals surface area contributed by atoms with Crippen molar-refractivity contribution >= 4 is 0 Å². The van der Waals surface area contributed by atoms with E-state index >= 15 is 0 Å². The van der Waals surface area contributed by atoms with Crippen LogP contribution in [0.3, 0.4) is 0 Å². The van der Waals surface area contributed by atoms with Crippen LogP contribution in [0.5, 0.6) is 0 Å². The summed E-state index contributed by atoms with van der Waals surface area (Å²) in [5, 5.41) is 3.39. The van der Waals surface area contributed by atoms with E-state index in [1.54, 1.807) is 0 Å². The van der Waals surface area contributed by atoms with Crippen molar-refractivity contribution in [3.8, 4) is 0 Å². The number of hydrogen-bond donors (Lipinski definition) is 1. The summed E-state index contributed by atoms with van der Waals surface area (Å²) in [7, 11) is 0. The van der Waals surface area contributed by atoms with Crippen molar-refractivity contribution in [1.29, 1.82) is 0 Å². The van der Waals surface area contributed by atoms with Crippen LogP contribution in [0.1, 0.15) is 33.1 Å². The minimum Gasteiger partial charge on any atom is -0.343 e. The average molecular weight is 135 g/mol. The van der Waals surface area contributed by atoms with Gasteiger partial charge in [0.25, 0.3) is 0 Å². The van der Waals surface area contributed by atoms with Gasteiger partial charge in [-0.05, 0) is 19.9 Å². The molecule has 10 heavy (non-hydrogen) atoms. The van der Waals surface area contributed by atoms with Gasteiger partial charge in [0, 0.05) is 6.04 Å². The maximum Gasteiger partial charge on any atom is 1.00 e. The zero-order valence-corrected chi connectivity index (χ0v) is 7.61. The van der Waals surface area contributed by atoms with Gasteiger partial charge >= 0.3 is 18.9 Å². The first-order chi connectivity index (χ1) is 4.31. The Kier molecular flexibility index (Phi) is 12.6. The van der Waals surface area contributed by atoms with E-state index in [1.807, 2.05) is 0 Å². The Hall–Kier alpha value is 0.557. The van der Waals surface area contributed by atoms with E-state index in [-0.39, 0.29) is 18.9 Å². The Labute approximate surface area is 77.1 Å². The SMILES string of the molecule is [CH2-]CCCNC(C)CC.[Li+]. The van der Waals surface area contributed by atoms with E-state index in [0.29, 0.717) is 6.04 Å². The molecule has 0 aliphatic rings. The molecule has 0 heterocycles. The third kappa shape index (κ3) is 8.56. The molecule has 1 unspecified atom stereocenters. The zero-order chi connectivity index (χ0) is 7.11. The van der Waals surface area contributed by atoms with Crippen LogP contribution in [-0.2, 0) is 0 Å². The zero-order valence-electron chi connectivity index (χ0n) is 7.61. The summed E-state index contributed by atoms with van der Waals surface area (Å²) in [6, 6.07) is 0.677. The summed E-state index contributed by atoms with van der Waals surface area (Å²) in [5.41, 5.74) is 0. The second kappa shape index (κ2) is 9.56. The summed E-state index contributed by atoms with van der Waals surface area (Å²) in [6.07, 6.45) is 3.46. The molecular formula is C8H18LiN. The smallest absolute Gasteiger partial charge is 0.343 e. The Morgan fingerprint density at radius 3 is 2.50 bits per heavy atom. The molecule has 0 saturated heterocycles. The normalized spacial score (nSPS) is 12.3. The van der Waals surface area contributed by atoms with Gasteiger partial charge in [-0.25, -0.2) is 0 Å². The number of nitrogens with one attached hydrogen (secondary N) is 1. The van der Waals surface area contributed by atoms with Crippen molar-refractivity contribution in [2.45, 2.75) is 39.2 Å². The standard InChI is InChI=1S/C8H18N.Li/c1-4-6-7-9-8(3)5-2;/h8-9H,1,4-7H2,2-3H3;/q-1;+1. The van der Waals surface area contributed by atoms with Gasteiger partial charge in [0.1, 0.15) is 0 Å². The minimum atomic E-state index is 0. The molecule has 1 atom stereocenters. The van der Waals surface area contributed by atoms with E-state index in [1.165, 1.54) is 12.8 Å². The van der Waals surface area contributed by atoms with Crippen molar-refractivity contribution in [3.63, 3.8) is 0 Å². The first-order valence-corrected chi connectivity index (χ1v) is 3.83. The predicted molar refractivity (Wildman–Crippen MR) is 42.3 cm³/mol. The maximum absolute atomic E-state index is 3.77. The number of rotatable bonds is 5. The van der Waals surface area contributed by atoms with E-state index in [0.717, 1.165) is 13.0 Å². The fourth-order valence-corrected chi connectivity index (χ4v) is 0.618. The number of unbranched alkanes of at least 4 members (excludes halogenated alkanes) is 1. The third-order valence-electron chi connectivity index (χ3n) is 1.53. The van der Waals surface area contributed by atoms with Gasteiger partial charge in [0.05, 0.1) is 0 Å². The van der Waals surface area contributed by atoms with E-state index < -0.39 is 0 Å². The molecule has 0 radical (unpaired) electrons. The topological polar surface area (TPSA) is 12.0 Å². The molecule has 1 N–H and O–H groups in total. The molecule has 0 aromatic heterocycles. The van der Waals surface area contributed by atoms with Crippen LogP contribution in [0.15, 0.2) is 0 Å². The summed E-state index contributed by atoms with van der Waals surface area (Å²) in [5.74, 6) is 0. The Morgan fingerprint density at radius 1 is 1.50 bits per heavy atom. The molecule has 0 bridgehead atoms. The van der Waals surface area contributed by atoms with Gasteiger partial charge in [0.2, 0.25) is 0 Å². The molecule has 0 rings (SSSR count). The van der Waals surface area contributed by atoms with E-state index in [9.17, 15) is 0 Å². The van der Waals surface area contributed by atoms with Crippen LogP contribution in [0.4, 0.5) is 0 Å². The molecule has 1 nitrogen and oxygen atoms in total. The van der Waals surface area contributed by atoms with E-state index in [2.05, 4.69) is 26.1 Å². The molecule has 0 fully saturated rings. The molecule has 0 aromatic carbocycles. The van der Waals surface area contributed by atoms with Crippen LogP contribution in [0.25, 0.3) is 0 Å². The van der Waals surface area contributed by atoms with Crippen molar-refractivity contribution in [2.24, 2.45) is 0 Å². The summed E-state index contributed by atoms with van der Waals surface area (Å²) in [4.78, 5) is 0.